The molecule has 0 bridgehead atoms. The zero-order valence-corrected chi connectivity index (χ0v) is 6.81. The molecule has 2 saturated carbocycles. The first-order chi connectivity index (χ1) is 4.97. The Labute approximate surface area is 64.0 Å². The molecule has 0 heterocycles. The van der Waals surface area contributed by atoms with Crippen LogP contribution in [0.2, 0.25) is 0 Å². The maximum Gasteiger partial charge on any atom is -0.0383 e. The van der Waals surface area contributed by atoms with E-state index in [1.165, 1.54) is 43.9 Å². The molecule has 0 radical (unpaired) electrons. The summed E-state index contributed by atoms with van der Waals surface area (Å²) in [6.07, 6.45) is 12.3. The molecular weight excluding hydrogens is 120 g/mol. The van der Waals surface area contributed by atoms with E-state index in [4.69, 9.17) is 0 Å². The van der Waals surface area contributed by atoms with Gasteiger partial charge >= 0.3 is 0 Å². The van der Waals surface area contributed by atoms with E-state index in [1.807, 2.05) is 0 Å². The molecule has 0 aromatic carbocycles. The summed E-state index contributed by atoms with van der Waals surface area (Å²) in [6.45, 7) is 0. The maximum atomic E-state index is 1.58. The minimum Gasteiger partial charge on any atom is -0.0533 e. The molecule has 10 heavy (non-hydrogen) atoms. The van der Waals surface area contributed by atoms with Gasteiger partial charge in [0.1, 0.15) is 0 Å². The Morgan fingerprint density at radius 1 is 0.600 bits per heavy atom. The van der Waals surface area contributed by atoms with Crippen LogP contribution in [-0.4, -0.2) is 0 Å². The van der Waals surface area contributed by atoms with Crippen LogP contribution >= 0.6 is 0 Å². The van der Waals surface area contributed by atoms with Crippen molar-refractivity contribution < 1.29 is 0 Å². The fourth-order valence-corrected chi connectivity index (χ4v) is 2.36. The Balaban J connectivity index is 1.77. The standard InChI is InChI=1S/C10H18/c1-2-4-6-9-8-10(9)7-5-3-1/h9-10H,1-8H2/t9-,10+. The first kappa shape index (κ1) is 6.69. The van der Waals surface area contributed by atoms with Crippen molar-refractivity contribution in [1.82, 2.24) is 0 Å². The molecule has 0 aromatic rings. The van der Waals surface area contributed by atoms with Gasteiger partial charge in [-0.15, -0.1) is 0 Å². The number of hydrogen-bond acceptors (Lipinski definition) is 0. The SMILES string of the molecule is C1CCC[C@@H]2C[C@@H]2CCC1. The van der Waals surface area contributed by atoms with Gasteiger partial charge in [0.05, 0.1) is 0 Å². The van der Waals surface area contributed by atoms with Gasteiger partial charge in [0, 0.05) is 0 Å². The van der Waals surface area contributed by atoms with Crippen molar-refractivity contribution in [2.24, 2.45) is 11.8 Å². The number of hydrogen-bond donors (Lipinski definition) is 0. The Kier molecular flexibility index (Phi) is 1.97. The van der Waals surface area contributed by atoms with E-state index in [9.17, 15) is 0 Å². The molecule has 2 aliphatic carbocycles. The fraction of sp³-hybridized carbons (Fsp3) is 1.00. The van der Waals surface area contributed by atoms with Crippen LogP contribution in [-0.2, 0) is 0 Å². The average molecular weight is 138 g/mol. The quantitative estimate of drug-likeness (QED) is 0.481. The third-order valence-electron chi connectivity index (χ3n) is 3.22. The molecule has 2 aliphatic rings. The van der Waals surface area contributed by atoms with Crippen LogP contribution in [0.3, 0.4) is 0 Å². The van der Waals surface area contributed by atoms with E-state index in [0.29, 0.717) is 0 Å². The fourth-order valence-electron chi connectivity index (χ4n) is 2.36. The predicted octanol–water partition coefficient (Wildman–Crippen LogP) is 3.37. The highest BCUT2D eigenvalue weighted by molar-refractivity contribution is 4.86. The van der Waals surface area contributed by atoms with E-state index in [2.05, 4.69) is 0 Å². The minimum absolute atomic E-state index is 1.18. The van der Waals surface area contributed by atoms with E-state index < -0.39 is 0 Å². The van der Waals surface area contributed by atoms with Gasteiger partial charge in [0.15, 0.2) is 0 Å². The van der Waals surface area contributed by atoms with Gasteiger partial charge in [-0.2, -0.15) is 0 Å². The molecule has 0 spiro atoms. The Hall–Kier alpha value is 0. The molecule has 0 heteroatoms. The highest BCUT2D eigenvalue weighted by Gasteiger charge is 2.35. The van der Waals surface area contributed by atoms with E-state index in [-0.39, 0.29) is 0 Å². The monoisotopic (exact) mass is 138 g/mol. The Morgan fingerprint density at radius 3 is 1.70 bits per heavy atom. The van der Waals surface area contributed by atoms with Crippen LogP contribution < -0.4 is 0 Å². The molecule has 58 valence electrons. The summed E-state index contributed by atoms with van der Waals surface area (Å²) in [7, 11) is 0. The summed E-state index contributed by atoms with van der Waals surface area (Å²) in [5, 5.41) is 0. The van der Waals surface area contributed by atoms with Crippen molar-refractivity contribution in [1.29, 1.82) is 0 Å². The normalized spacial score (nSPS) is 40.8. The highest BCUT2D eigenvalue weighted by Crippen LogP contribution is 2.46. The molecular formula is C10H18. The molecule has 0 nitrogen and oxygen atoms in total. The molecule has 2 rings (SSSR count). The van der Waals surface area contributed by atoms with E-state index >= 15 is 0 Å². The van der Waals surface area contributed by atoms with Crippen LogP contribution in [0.15, 0.2) is 0 Å². The highest BCUT2D eigenvalue weighted by atomic mass is 14.4. The number of fused-ring (bicyclic) bond motifs is 1. The summed E-state index contributed by atoms with van der Waals surface area (Å²) >= 11 is 0. The van der Waals surface area contributed by atoms with Gasteiger partial charge in [-0.3, -0.25) is 0 Å². The maximum absolute atomic E-state index is 1.58. The van der Waals surface area contributed by atoms with Gasteiger partial charge < -0.3 is 0 Å². The van der Waals surface area contributed by atoms with Gasteiger partial charge in [-0.25, -0.2) is 0 Å². The molecule has 2 atom stereocenters. The van der Waals surface area contributed by atoms with E-state index in [0.717, 1.165) is 0 Å². The van der Waals surface area contributed by atoms with Crippen molar-refractivity contribution in [2.45, 2.75) is 51.4 Å². The zero-order valence-electron chi connectivity index (χ0n) is 6.81. The lowest BCUT2D eigenvalue weighted by molar-refractivity contribution is 0.593. The largest absolute Gasteiger partial charge is 0.0533 e. The Morgan fingerprint density at radius 2 is 1.10 bits per heavy atom. The summed E-state index contributed by atoms with van der Waals surface area (Å²) in [4.78, 5) is 0. The van der Waals surface area contributed by atoms with Crippen LogP contribution in [0.4, 0.5) is 0 Å². The summed E-state index contributed by atoms with van der Waals surface area (Å²) in [6, 6.07) is 0. The van der Waals surface area contributed by atoms with Gasteiger partial charge in [0.25, 0.3) is 0 Å². The smallest absolute Gasteiger partial charge is 0.0383 e. The second-order valence-corrected chi connectivity index (χ2v) is 4.10. The van der Waals surface area contributed by atoms with Gasteiger partial charge in [0.2, 0.25) is 0 Å². The first-order valence-electron chi connectivity index (χ1n) is 4.97. The summed E-state index contributed by atoms with van der Waals surface area (Å²) in [5.41, 5.74) is 0. The first-order valence-corrected chi connectivity index (χ1v) is 4.97. The second-order valence-electron chi connectivity index (χ2n) is 4.10. The topological polar surface area (TPSA) is 0 Å². The van der Waals surface area contributed by atoms with Crippen molar-refractivity contribution in [2.75, 3.05) is 0 Å². The van der Waals surface area contributed by atoms with Crippen LogP contribution in [0, 0.1) is 11.8 Å². The van der Waals surface area contributed by atoms with Crippen molar-refractivity contribution in [3.05, 3.63) is 0 Å². The number of rotatable bonds is 0. The molecule has 0 saturated heterocycles. The summed E-state index contributed by atoms with van der Waals surface area (Å²) in [5.74, 6) is 2.36. The third-order valence-corrected chi connectivity index (χ3v) is 3.22. The average Bonchev–Trinajstić information content (AvgIpc) is 2.66. The van der Waals surface area contributed by atoms with Crippen molar-refractivity contribution in [3.8, 4) is 0 Å². The van der Waals surface area contributed by atoms with Crippen molar-refractivity contribution >= 4 is 0 Å². The molecule has 0 amide bonds. The molecule has 0 unspecified atom stereocenters. The van der Waals surface area contributed by atoms with Crippen LogP contribution in [0.1, 0.15) is 51.4 Å². The van der Waals surface area contributed by atoms with Gasteiger partial charge in [-0.05, 0) is 18.3 Å². The van der Waals surface area contributed by atoms with Crippen LogP contribution in [0.5, 0.6) is 0 Å². The van der Waals surface area contributed by atoms with Crippen molar-refractivity contribution in [3.63, 3.8) is 0 Å². The molecule has 2 fully saturated rings. The predicted molar refractivity (Wildman–Crippen MR) is 43.9 cm³/mol. The third kappa shape index (κ3) is 1.53. The molecule has 0 N–H and O–H groups in total. The molecule has 0 aliphatic heterocycles. The van der Waals surface area contributed by atoms with Crippen LogP contribution in [0.25, 0.3) is 0 Å². The zero-order chi connectivity index (χ0) is 6.81. The van der Waals surface area contributed by atoms with E-state index in [1.54, 1.807) is 19.3 Å². The summed E-state index contributed by atoms with van der Waals surface area (Å²) < 4.78 is 0. The van der Waals surface area contributed by atoms with Gasteiger partial charge in [-0.1, -0.05) is 44.9 Å². The second kappa shape index (κ2) is 2.94. The minimum atomic E-state index is 1.18. The lowest BCUT2D eigenvalue weighted by Gasteiger charge is -1.96. The lowest BCUT2D eigenvalue weighted by atomic mass is 10.1. The molecule has 0 aromatic heterocycles. The lowest BCUT2D eigenvalue weighted by Crippen LogP contribution is -1.80. The Bertz CT molecular complexity index is 94.6.